The van der Waals surface area contributed by atoms with Crippen molar-refractivity contribution in [2.45, 2.75) is 38.9 Å². The minimum Gasteiger partial charge on any atom is -0.381 e. The molecule has 1 aliphatic carbocycles. The van der Waals surface area contributed by atoms with E-state index in [-0.39, 0.29) is 17.0 Å². The fourth-order valence-corrected chi connectivity index (χ4v) is 1.98. The third-order valence-electron chi connectivity index (χ3n) is 3.92. The van der Waals surface area contributed by atoms with E-state index < -0.39 is 11.7 Å². The van der Waals surface area contributed by atoms with E-state index in [9.17, 15) is 13.2 Å². The zero-order chi connectivity index (χ0) is 14.3. The Morgan fingerprint density at radius 1 is 1.37 bits per heavy atom. The number of hydrogen-bond donors (Lipinski definition) is 1. The van der Waals surface area contributed by atoms with Crippen molar-refractivity contribution in [1.29, 1.82) is 5.26 Å². The average Bonchev–Trinajstić information content (AvgIpc) is 3.07. The van der Waals surface area contributed by atoms with Crippen LogP contribution in [0.1, 0.15) is 37.8 Å². The summed E-state index contributed by atoms with van der Waals surface area (Å²) >= 11 is 0. The second kappa shape index (κ2) is 4.44. The molecule has 0 aromatic heterocycles. The van der Waals surface area contributed by atoms with Crippen LogP contribution >= 0.6 is 0 Å². The van der Waals surface area contributed by atoms with Crippen molar-refractivity contribution in [3.63, 3.8) is 0 Å². The molecule has 0 radical (unpaired) electrons. The predicted molar refractivity (Wildman–Crippen MR) is 66.6 cm³/mol. The van der Waals surface area contributed by atoms with Gasteiger partial charge in [0, 0.05) is 6.04 Å². The molecule has 1 aromatic rings. The summed E-state index contributed by atoms with van der Waals surface area (Å²) in [4.78, 5) is 0. The summed E-state index contributed by atoms with van der Waals surface area (Å²) in [6.07, 6.45) is -2.22. The Bertz CT molecular complexity index is 524. The Kier molecular flexibility index (Phi) is 3.21. The number of nitrogens with one attached hydrogen (secondary N) is 1. The number of alkyl halides is 3. The fourth-order valence-electron chi connectivity index (χ4n) is 1.98. The van der Waals surface area contributed by atoms with Gasteiger partial charge in [-0.1, -0.05) is 6.92 Å². The summed E-state index contributed by atoms with van der Waals surface area (Å²) in [5.74, 6) is 0. The Balaban J connectivity index is 2.24. The minimum atomic E-state index is -4.42. The van der Waals surface area contributed by atoms with E-state index in [0.29, 0.717) is 5.69 Å². The molecule has 1 N–H and O–H groups in total. The molecular weight excluding hydrogens is 253 g/mol. The van der Waals surface area contributed by atoms with E-state index in [2.05, 4.69) is 12.2 Å². The zero-order valence-corrected chi connectivity index (χ0v) is 10.8. The highest BCUT2D eigenvalue weighted by Gasteiger charge is 2.42. The molecule has 0 saturated heterocycles. The molecule has 0 bridgehead atoms. The van der Waals surface area contributed by atoms with Crippen LogP contribution in [0, 0.1) is 16.7 Å². The van der Waals surface area contributed by atoms with Crippen LogP contribution in [-0.2, 0) is 6.18 Å². The van der Waals surface area contributed by atoms with E-state index in [4.69, 9.17) is 5.26 Å². The molecular formula is C14H15F3N2. The van der Waals surface area contributed by atoms with E-state index in [1.165, 1.54) is 6.07 Å². The van der Waals surface area contributed by atoms with Gasteiger partial charge in [-0.15, -0.1) is 0 Å². The lowest BCUT2D eigenvalue weighted by Gasteiger charge is -2.22. The molecule has 5 heteroatoms. The van der Waals surface area contributed by atoms with Crippen LogP contribution in [0.5, 0.6) is 0 Å². The highest BCUT2D eigenvalue weighted by molar-refractivity contribution is 5.59. The van der Waals surface area contributed by atoms with Crippen LogP contribution in [0.15, 0.2) is 18.2 Å². The first-order valence-corrected chi connectivity index (χ1v) is 6.14. The van der Waals surface area contributed by atoms with Gasteiger partial charge in [0.15, 0.2) is 0 Å². The number of anilines is 1. The lowest BCUT2D eigenvalue weighted by atomic mass is 9.99. The molecule has 1 aromatic carbocycles. The third kappa shape index (κ3) is 2.83. The monoisotopic (exact) mass is 268 g/mol. The molecule has 1 unspecified atom stereocenters. The first-order valence-electron chi connectivity index (χ1n) is 6.14. The van der Waals surface area contributed by atoms with Gasteiger partial charge >= 0.3 is 6.18 Å². The number of halogens is 3. The Labute approximate surface area is 110 Å². The number of hydrogen-bond acceptors (Lipinski definition) is 2. The normalized spacial score (nSPS) is 18.5. The molecule has 0 spiro atoms. The number of benzene rings is 1. The minimum absolute atomic E-state index is 0.0333. The summed E-state index contributed by atoms with van der Waals surface area (Å²) in [6, 6.07) is 5.19. The largest absolute Gasteiger partial charge is 0.416 e. The SMILES string of the molecule is CC(Nc1ccc(C(F)(F)F)cc1C#N)C1(C)CC1. The first-order chi connectivity index (χ1) is 8.76. The first kappa shape index (κ1) is 13.7. The quantitative estimate of drug-likeness (QED) is 0.892. The molecule has 2 nitrogen and oxygen atoms in total. The summed E-state index contributed by atoms with van der Waals surface area (Å²) in [6.45, 7) is 4.12. The second-order valence-electron chi connectivity index (χ2n) is 5.39. The van der Waals surface area contributed by atoms with E-state index in [1.807, 2.05) is 13.0 Å². The molecule has 1 atom stereocenters. The molecule has 0 aliphatic heterocycles. The smallest absolute Gasteiger partial charge is 0.381 e. The van der Waals surface area contributed by atoms with Crippen LogP contribution in [0.25, 0.3) is 0 Å². The summed E-state index contributed by atoms with van der Waals surface area (Å²) < 4.78 is 37.7. The number of nitriles is 1. The Morgan fingerprint density at radius 2 is 2.00 bits per heavy atom. The van der Waals surface area contributed by atoms with Crippen molar-refractivity contribution in [1.82, 2.24) is 0 Å². The maximum atomic E-state index is 12.6. The van der Waals surface area contributed by atoms with Crippen LogP contribution in [0.4, 0.5) is 18.9 Å². The van der Waals surface area contributed by atoms with E-state index in [0.717, 1.165) is 25.0 Å². The van der Waals surface area contributed by atoms with Gasteiger partial charge < -0.3 is 5.32 Å². The maximum absolute atomic E-state index is 12.6. The summed E-state index contributed by atoms with van der Waals surface area (Å²) in [5.41, 5.74) is -0.1000. The van der Waals surface area contributed by atoms with Gasteiger partial charge in [-0.2, -0.15) is 18.4 Å². The van der Waals surface area contributed by atoms with Gasteiger partial charge in [0.1, 0.15) is 6.07 Å². The van der Waals surface area contributed by atoms with Gasteiger partial charge in [0.05, 0.1) is 16.8 Å². The lowest BCUT2D eigenvalue weighted by molar-refractivity contribution is -0.137. The van der Waals surface area contributed by atoms with Gasteiger partial charge in [-0.05, 0) is 43.4 Å². The number of rotatable bonds is 3. The molecule has 1 aliphatic rings. The van der Waals surface area contributed by atoms with Crippen molar-refractivity contribution in [3.05, 3.63) is 29.3 Å². The molecule has 2 rings (SSSR count). The van der Waals surface area contributed by atoms with Crippen LogP contribution in [-0.4, -0.2) is 6.04 Å². The number of nitrogens with zero attached hydrogens (tertiary/aromatic N) is 1. The van der Waals surface area contributed by atoms with E-state index >= 15 is 0 Å². The fraction of sp³-hybridized carbons (Fsp3) is 0.500. The lowest BCUT2D eigenvalue weighted by Crippen LogP contribution is -2.25. The Morgan fingerprint density at radius 3 is 2.47 bits per heavy atom. The zero-order valence-electron chi connectivity index (χ0n) is 10.8. The maximum Gasteiger partial charge on any atom is 0.416 e. The van der Waals surface area contributed by atoms with Gasteiger partial charge in [0.25, 0.3) is 0 Å². The average molecular weight is 268 g/mol. The van der Waals surface area contributed by atoms with Crippen LogP contribution in [0.2, 0.25) is 0 Å². The van der Waals surface area contributed by atoms with Crippen molar-refractivity contribution in [2.24, 2.45) is 5.41 Å². The molecule has 1 fully saturated rings. The van der Waals surface area contributed by atoms with Gasteiger partial charge in [-0.25, -0.2) is 0 Å². The molecule has 102 valence electrons. The standard InChI is InChI=1S/C14H15F3N2/c1-9(13(2)5-6-13)19-12-4-3-11(14(15,16)17)7-10(12)8-18/h3-4,7,9,19H,5-6H2,1-2H3. The van der Waals surface area contributed by atoms with Gasteiger partial charge in [0.2, 0.25) is 0 Å². The van der Waals surface area contributed by atoms with Crippen molar-refractivity contribution in [3.8, 4) is 6.07 Å². The molecule has 19 heavy (non-hydrogen) atoms. The summed E-state index contributed by atoms with van der Waals surface area (Å²) in [5, 5.41) is 12.1. The van der Waals surface area contributed by atoms with Crippen molar-refractivity contribution >= 4 is 5.69 Å². The second-order valence-corrected chi connectivity index (χ2v) is 5.39. The topological polar surface area (TPSA) is 35.8 Å². The van der Waals surface area contributed by atoms with Crippen LogP contribution < -0.4 is 5.32 Å². The highest BCUT2D eigenvalue weighted by Crippen LogP contribution is 2.49. The summed E-state index contributed by atoms with van der Waals surface area (Å²) in [7, 11) is 0. The van der Waals surface area contributed by atoms with E-state index in [1.54, 1.807) is 0 Å². The van der Waals surface area contributed by atoms with Crippen molar-refractivity contribution < 1.29 is 13.2 Å². The molecule has 0 amide bonds. The van der Waals surface area contributed by atoms with Crippen molar-refractivity contribution in [2.75, 3.05) is 5.32 Å². The predicted octanol–water partition coefficient (Wildman–Crippen LogP) is 4.18. The molecule has 0 heterocycles. The van der Waals surface area contributed by atoms with Crippen LogP contribution in [0.3, 0.4) is 0 Å². The third-order valence-corrected chi connectivity index (χ3v) is 3.92. The van der Waals surface area contributed by atoms with Gasteiger partial charge in [-0.3, -0.25) is 0 Å². The highest BCUT2D eigenvalue weighted by atomic mass is 19.4. The Hall–Kier alpha value is -1.70. The molecule has 1 saturated carbocycles.